The maximum Gasteiger partial charge on any atom is 0.326 e. The van der Waals surface area contributed by atoms with E-state index in [0.29, 0.717) is 16.5 Å². The minimum Gasteiger partial charge on any atom is -0.454 e. The molecule has 0 unspecified atom stereocenters. The van der Waals surface area contributed by atoms with Gasteiger partial charge in [-0.15, -0.1) is 0 Å². The van der Waals surface area contributed by atoms with Gasteiger partial charge in [0.1, 0.15) is 17.6 Å². The van der Waals surface area contributed by atoms with Gasteiger partial charge in [-0.2, -0.15) is 0 Å². The second-order valence-electron chi connectivity index (χ2n) is 6.29. The second kappa shape index (κ2) is 7.74. The van der Waals surface area contributed by atoms with Gasteiger partial charge in [0.2, 0.25) is 5.58 Å². The Hall–Kier alpha value is -4.08. The Labute approximate surface area is 166 Å². The molecule has 0 saturated carbocycles. The first-order valence-corrected chi connectivity index (χ1v) is 8.69. The van der Waals surface area contributed by atoms with E-state index in [1.165, 1.54) is 6.33 Å². The van der Waals surface area contributed by atoms with Crippen molar-refractivity contribution in [2.75, 3.05) is 11.9 Å². The summed E-state index contributed by atoms with van der Waals surface area (Å²) in [6.45, 7) is -1.16. The minimum atomic E-state index is -1.13. The van der Waals surface area contributed by atoms with Crippen LogP contribution in [0.2, 0.25) is 0 Å². The van der Waals surface area contributed by atoms with Crippen molar-refractivity contribution < 1.29 is 27.5 Å². The van der Waals surface area contributed by atoms with E-state index < -0.39 is 42.2 Å². The smallest absolute Gasteiger partial charge is 0.326 e. The molecule has 152 valence electrons. The van der Waals surface area contributed by atoms with Gasteiger partial charge in [0.25, 0.3) is 11.5 Å². The SMILES string of the molecule is O=C(COC(=O)Cn1cnc2c(oc3ccccc32)c1=O)Nc1ccc(F)c(F)c1. The van der Waals surface area contributed by atoms with Crippen LogP contribution in [0.1, 0.15) is 0 Å². The molecule has 10 heteroatoms. The fourth-order valence-corrected chi connectivity index (χ4v) is 2.83. The summed E-state index contributed by atoms with van der Waals surface area (Å²) in [5.41, 5.74) is 0.310. The van der Waals surface area contributed by atoms with Crippen LogP contribution < -0.4 is 10.9 Å². The van der Waals surface area contributed by atoms with Gasteiger partial charge in [-0.25, -0.2) is 13.8 Å². The number of carbonyl (C=O) groups is 2. The number of esters is 1. The summed E-state index contributed by atoms with van der Waals surface area (Å²) in [6.07, 6.45) is 1.19. The van der Waals surface area contributed by atoms with Gasteiger partial charge in [0, 0.05) is 17.1 Å². The fourth-order valence-electron chi connectivity index (χ4n) is 2.83. The van der Waals surface area contributed by atoms with Crippen molar-refractivity contribution in [3.05, 3.63) is 70.8 Å². The van der Waals surface area contributed by atoms with Crippen LogP contribution in [-0.2, 0) is 20.9 Å². The zero-order valence-corrected chi connectivity index (χ0v) is 15.2. The lowest BCUT2D eigenvalue weighted by atomic mass is 10.2. The molecule has 1 amide bonds. The van der Waals surface area contributed by atoms with Crippen molar-refractivity contribution in [2.45, 2.75) is 6.54 Å². The lowest BCUT2D eigenvalue weighted by Gasteiger charge is -2.08. The van der Waals surface area contributed by atoms with Gasteiger partial charge in [0.15, 0.2) is 18.2 Å². The third kappa shape index (κ3) is 3.75. The highest BCUT2D eigenvalue weighted by Crippen LogP contribution is 2.24. The third-order valence-electron chi connectivity index (χ3n) is 4.22. The Balaban J connectivity index is 1.41. The first kappa shape index (κ1) is 19.2. The Morgan fingerprint density at radius 1 is 1.13 bits per heavy atom. The largest absolute Gasteiger partial charge is 0.454 e. The molecule has 0 aliphatic carbocycles. The van der Waals surface area contributed by atoms with Crippen LogP contribution >= 0.6 is 0 Å². The summed E-state index contributed by atoms with van der Waals surface area (Å²) >= 11 is 0. The molecular weight excluding hydrogens is 400 g/mol. The van der Waals surface area contributed by atoms with Crippen LogP contribution in [0.15, 0.2) is 58.0 Å². The first-order valence-electron chi connectivity index (χ1n) is 8.69. The molecule has 8 nitrogen and oxygen atoms in total. The highest BCUT2D eigenvalue weighted by Gasteiger charge is 2.16. The molecule has 2 heterocycles. The number of hydrogen-bond donors (Lipinski definition) is 1. The molecule has 0 bridgehead atoms. The average Bonchev–Trinajstić information content (AvgIpc) is 3.11. The van der Waals surface area contributed by atoms with Crippen molar-refractivity contribution >= 4 is 39.6 Å². The van der Waals surface area contributed by atoms with Crippen molar-refractivity contribution in [1.29, 1.82) is 0 Å². The van der Waals surface area contributed by atoms with Crippen molar-refractivity contribution in [3.8, 4) is 0 Å². The Morgan fingerprint density at radius 2 is 1.93 bits per heavy atom. The Kier molecular flexibility index (Phi) is 4.97. The van der Waals surface area contributed by atoms with E-state index in [1.807, 2.05) is 0 Å². The molecule has 0 fully saturated rings. The Morgan fingerprint density at radius 3 is 2.73 bits per heavy atom. The zero-order valence-electron chi connectivity index (χ0n) is 15.2. The predicted molar refractivity (Wildman–Crippen MR) is 102 cm³/mol. The number of halogens is 2. The molecule has 0 aliphatic rings. The van der Waals surface area contributed by atoms with Gasteiger partial charge >= 0.3 is 5.97 Å². The fraction of sp³-hybridized carbons (Fsp3) is 0.100. The molecule has 0 aliphatic heterocycles. The topological polar surface area (TPSA) is 103 Å². The molecule has 0 radical (unpaired) electrons. The number of ether oxygens (including phenoxy) is 1. The standard InChI is InChI=1S/C20H13F2N3O5/c21-13-6-5-11(7-14(13)22)24-16(26)9-29-17(27)8-25-10-23-18-12-3-1-2-4-15(12)30-19(18)20(25)28/h1-7,10H,8-9H2,(H,24,26). The lowest BCUT2D eigenvalue weighted by Crippen LogP contribution is -2.27. The molecule has 1 N–H and O–H groups in total. The molecule has 2 aromatic carbocycles. The number of hydrogen-bond acceptors (Lipinski definition) is 6. The summed E-state index contributed by atoms with van der Waals surface area (Å²) < 4.78 is 37.4. The van der Waals surface area contributed by atoms with Crippen LogP contribution in [0.4, 0.5) is 14.5 Å². The van der Waals surface area contributed by atoms with Crippen LogP contribution in [0.3, 0.4) is 0 Å². The van der Waals surface area contributed by atoms with Gasteiger partial charge in [-0.05, 0) is 24.3 Å². The highest BCUT2D eigenvalue weighted by molar-refractivity contribution is 6.01. The van der Waals surface area contributed by atoms with Crippen LogP contribution in [0.25, 0.3) is 22.1 Å². The van der Waals surface area contributed by atoms with E-state index in [2.05, 4.69) is 10.3 Å². The van der Waals surface area contributed by atoms with Crippen molar-refractivity contribution in [2.24, 2.45) is 0 Å². The van der Waals surface area contributed by atoms with Crippen molar-refractivity contribution in [1.82, 2.24) is 9.55 Å². The molecule has 2 aromatic heterocycles. The van der Waals surface area contributed by atoms with E-state index in [-0.39, 0.29) is 11.3 Å². The quantitative estimate of drug-likeness (QED) is 0.505. The molecule has 4 aromatic rings. The van der Waals surface area contributed by atoms with Gasteiger partial charge in [0.05, 0.1) is 6.33 Å². The number of para-hydroxylation sites is 1. The molecule has 0 atom stereocenters. The molecule has 30 heavy (non-hydrogen) atoms. The molecule has 0 saturated heterocycles. The van der Waals surface area contributed by atoms with E-state index in [1.54, 1.807) is 24.3 Å². The number of fused-ring (bicyclic) bond motifs is 3. The number of nitrogens with zero attached hydrogens (tertiary/aromatic N) is 2. The lowest BCUT2D eigenvalue weighted by molar-refractivity contribution is -0.147. The summed E-state index contributed by atoms with van der Waals surface area (Å²) in [5.74, 6) is -3.81. The van der Waals surface area contributed by atoms with Crippen LogP contribution in [0.5, 0.6) is 0 Å². The van der Waals surface area contributed by atoms with Gasteiger partial charge in [-0.3, -0.25) is 19.0 Å². The normalized spacial score (nSPS) is 11.0. The summed E-state index contributed by atoms with van der Waals surface area (Å²) in [6, 6.07) is 9.80. The highest BCUT2D eigenvalue weighted by atomic mass is 19.2. The average molecular weight is 413 g/mol. The summed E-state index contributed by atoms with van der Waals surface area (Å²) in [4.78, 5) is 40.5. The first-order chi connectivity index (χ1) is 14.4. The van der Waals surface area contributed by atoms with E-state index in [9.17, 15) is 23.2 Å². The maximum atomic E-state index is 13.1. The van der Waals surface area contributed by atoms with Crippen molar-refractivity contribution in [3.63, 3.8) is 0 Å². The number of amides is 1. The predicted octanol–water partition coefficient (Wildman–Crippen LogP) is 2.60. The Bertz CT molecular complexity index is 1350. The number of nitrogens with one attached hydrogen (secondary N) is 1. The number of benzene rings is 2. The number of rotatable bonds is 5. The zero-order chi connectivity index (χ0) is 21.3. The number of aromatic nitrogens is 2. The maximum absolute atomic E-state index is 13.1. The minimum absolute atomic E-state index is 0.00239. The van der Waals surface area contributed by atoms with Crippen LogP contribution in [0, 0.1) is 11.6 Å². The van der Waals surface area contributed by atoms with Gasteiger partial charge in [-0.1, -0.05) is 12.1 Å². The second-order valence-corrected chi connectivity index (χ2v) is 6.29. The molecule has 0 spiro atoms. The molecule has 4 rings (SSSR count). The summed E-state index contributed by atoms with van der Waals surface area (Å²) in [5, 5.41) is 2.94. The number of anilines is 1. The van der Waals surface area contributed by atoms with E-state index >= 15 is 0 Å². The number of furan rings is 1. The van der Waals surface area contributed by atoms with Gasteiger partial charge < -0.3 is 14.5 Å². The summed E-state index contributed by atoms with van der Waals surface area (Å²) in [7, 11) is 0. The van der Waals surface area contributed by atoms with E-state index in [4.69, 9.17) is 9.15 Å². The monoisotopic (exact) mass is 413 g/mol. The van der Waals surface area contributed by atoms with E-state index in [0.717, 1.165) is 22.8 Å². The van der Waals surface area contributed by atoms with Crippen LogP contribution in [-0.4, -0.2) is 28.0 Å². The third-order valence-corrected chi connectivity index (χ3v) is 4.22. The number of carbonyl (C=O) groups excluding carboxylic acids is 2. The molecular formula is C20H13F2N3O5.